The summed E-state index contributed by atoms with van der Waals surface area (Å²) in [5.41, 5.74) is 0.216. The Hall–Kier alpha value is -0.423. The molecule has 0 spiro atoms. The van der Waals surface area contributed by atoms with Crippen LogP contribution in [0.2, 0.25) is 5.54 Å². The molecule has 18 heavy (non-hydrogen) atoms. The first-order valence-corrected chi connectivity index (χ1v) is 8.72. The molecule has 0 aromatic heterocycles. The maximum Gasteiger partial charge on any atom is 0.508 e. The van der Waals surface area contributed by atoms with Crippen LogP contribution in [-0.2, 0) is 13.3 Å². The fraction of sp³-hybridized carbons (Fsp3) is 0.714. The average Bonchev–Trinajstić information content (AvgIpc) is 2.35. The van der Waals surface area contributed by atoms with E-state index in [0.717, 1.165) is 6.42 Å². The number of allylic oxidation sites excluding steroid dienone is 4. The van der Waals surface area contributed by atoms with Gasteiger partial charge in [-0.2, -0.15) is 0 Å². The lowest BCUT2D eigenvalue weighted by Crippen LogP contribution is -2.49. The Morgan fingerprint density at radius 3 is 1.72 bits per heavy atom. The van der Waals surface area contributed by atoms with Crippen molar-refractivity contribution < 1.29 is 13.3 Å². The van der Waals surface area contributed by atoms with E-state index in [1.54, 1.807) is 0 Å². The van der Waals surface area contributed by atoms with Gasteiger partial charge in [-0.25, -0.2) is 0 Å². The Kier molecular flexibility index (Phi) is 10.2. The summed E-state index contributed by atoms with van der Waals surface area (Å²) in [6, 6.07) is 0. The summed E-state index contributed by atoms with van der Waals surface area (Å²) in [7, 11) is -2.60. The van der Waals surface area contributed by atoms with E-state index in [2.05, 4.69) is 13.0 Å². The highest BCUT2D eigenvalue weighted by Crippen LogP contribution is 2.30. The minimum atomic E-state index is -2.60. The van der Waals surface area contributed by atoms with E-state index < -0.39 is 8.80 Å². The van der Waals surface area contributed by atoms with E-state index >= 15 is 0 Å². The van der Waals surface area contributed by atoms with Crippen molar-refractivity contribution in [2.75, 3.05) is 19.8 Å². The van der Waals surface area contributed by atoms with Gasteiger partial charge in [0.15, 0.2) is 0 Å². The SMILES string of the molecule is CC=CC=CC(CC)[Si](OCC)(OCC)OCC. The normalized spacial score (nSPS) is 14.7. The van der Waals surface area contributed by atoms with Crippen molar-refractivity contribution in [2.24, 2.45) is 0 Å². The van der Waals surface area contributed by atoms with Crippen molar-refractivity contribution in [1.29, 1.82) is 0 Å². The van der Waals surface area contributed by atoms with Crippen LogP contribution in [0.3, 0.4) is 0 Å². The lowest BCUT2D eigenvalue weighted by Gasteiger charge is -2.33. The molecule has 0 aliphatic carbocycles. The van der Waals surface area contributed by atoms with E-state index in [-0.39, 0.29) is 5.54 Å². The van der Waals surface area contributed by atoms with Crippen molar-refractivity contribution in [2.45, 2.75) is 46.6 Å². The molecule has 0 fully saturated rings. The first-order valence-electron chi connectivity index (χ1n) is 6.91. The third kappa shape index (κ3) is 5.48. The number of hydrogen-bond acceptors (Lipinski definition) is 3. The van der Waals surface area contributed by atoms with E-state index in [1.165, 1.54) is 0 Å². The summed E-state index contributed by atoms with van der Waals surface area (Å²) in [5.74, 6) is 0. The molecule has 106 valence electrons. The standard InChI is InChI=1S/C14H28O3Si/c1-6-11-12-13-14(7-2)18(15-8-3,16-9-4)17-10-5/h6,11-14H,7-10H2,1-5H3. The minimum Gasteiger partial charge on any atom is -0.373 e. The monoisotopic (exact) mass is 272 g/mol. The van der Waals surface area contributed by atoms with E-state index in [1.807, 2.05) is 45.9 Å². The first-order chi connectivity index (χ1) is 8.70. The van der Waals surface area contributed by atoms with E-state index in [0.29, 0.717) is 19.8 Å². The van der Waals surface area contributed by atoms with Gasteiger partial charge in [0.25, 0.3) is 0 Å². The van der Waals surface area contributed by atoms with Crippen LogP contribution in [-0.4, -0.2) is 28.6 Å². The Bertz CT molecular complexity index is 234. The van der Waals surface area contributed by atoms with Crippen LogP contribution < -0.4 is 0 Å². The van der Waals surface area contributed by atoms with E-state index in [4.69, 9.17) is 13.3 Å². The Labute approximate surface area is 113 Å². The zero-order chi connectivity index (χ0) is 13.9. The molecule has 1 unspecified atom stereocenters. The maximum absolute atomic E-state index is 5.91. The summed E-state index contributed by atoms with van der Waals surface area (Å²) in [5, 5.41) is 0. The lowest BCUT2D eigenvalue weighted by molar-refractivity contribution is 0.0648. The van der Waals surface area contributed by atoms with Gasteiger partial charge < -0.3 is 13.3 Å². The van der Waals surface area contributed by atoms with Crippen LogP contribution in [0.25, 0.3) is 0 Å². The molecule has 1 atom stereocenters. The smallest absolute Gasteiger partial charge is 0.373 e. The van der Waals surface area contributed by atoms with Gasteiger partial charge in [0.2, 0.25) is 0 Å². The van der Waals surface area contributed by atoms with Gasteiger partial charge in [0.1, 0.15) is 0 Å². The highest BCUT2D eigenvalue weighted by atomic mass is 28.4. The molecule has 0 aliphatic rings. The zero-order valence-corrected chi connectivity index (χ0v) is 13.4. The Morgan fingerprint density at radius 1 is 0.889 bits per heavy atom. The average molecular weight is 272 g/mol. The highest BCUT2D eigenvalue weighted by Gasteiger charge is 2.46. The fourth-order valence-corrected chi connectivity index (χ4v) is 4.81. The van der Waals surface area contributed by atoms with Gasteiger partial charge in [-0.3, -0.25) is 0 Å². The first kappa shape index (κ1) is 17.6. The quantitative estimate of drug-likeness (QED) is 0.445. The third-order valence-corrected chi connectivity index (χ3v) is 6.16. The topological polar surface area (TPSA) is 27.7 Å². The summed E-state index contributed by atoms with van der Waals surface area (Å²) in [6.07, 6.45) is 9.18. The van der Waals surface area contributed by atoms with Crippen molar-refractivity contribution in [3.05, 3.63) is 24.3 Å². The molecule has 0 saturated heterocycles. The second-order valence-corrected chi connectivity index (χ2v) is 6.64. The maximum atomic E-state index is 5.91. The molecule has 0 aromatic carbocycles. The van der Waals surface area contributed by atoms with Crippen molar-refractivity contribution in [1.82, 2.24) is 0 Å². The van der Waals surface area contributed by atoms with E-state index in [9.17, 15) is 0 Å². The molecule has 0 N–H and O–H groups in total. The van der Waals surface area contributed by atoms with Gasteiger partial charge in [0, 0.05) is 25.4 Å². The van der Waals surface area contributed by atoms with Gasteiger partial charge in [-0.05, 0) is 34.1 Å². The van der Waals surface area contributed by atoms with Crippen molar-refractivity contribution in [3.63, 3.8) is 0 Å². The van der Waals surface area contributed by atoms with Crippen molar-refractivity contribution >= 4 is 8.80 Å². The summed E-state index contributed by atoms with van der Waals surface area (Å²) < 4.78 is 17.7. The molecule has 3 nitrogen and oxygen atoms in total. The molecular formula is C14H28O3Si. The molecule has 0 aliphatic heterocycles. The van der Waals surface area contributed by atoms with Crippen LogP contribution in [0.1, 0.15) is 41.0 Å². The molecule has 0 saturated carbocycles. The van der Waals surface area contributed by atoms with Gasteiger partial charge in [-0.15, -0.1) is 0 Å². The second kappa shape index (κ2) is 10.5. The van der Waals surface area contributed by atoms with Crippen LogP contribution in [0, 0.1) is 0 Å². The third-order valence-electron chi connectivity index (χ3n) is 2.58. The predicted molar refractivity (Wildman–Crippen MR) is 78.6 cm³/mol. The van der Waals surface area contributed by atoms with Gasteiger partial charge in [0.05, 0.1) is 0 Å². The highest BCUT2D eigenvalue weighted by molar-refractivity contribution is 6.63. The lowest BCUT2D eigenvalue weighted by atomic mass is 10.3. The Morgan fingerprint density at radius 2 is 1.39 bits per heavy atom. The molecule has 0 heterocycles. The van der Waals surface area contributed by atoms with Crippen LogP contribution in [0.5, 0.6) is 0 Å². The minimum absolute atomic E-state index is 0.216. The van der Waals surface area contributed by atoms with Crippen LogP contribution in [0.15, 0.2) is 24.3 Å². The van der Waals surface area contributed by atoms with Crippen molar-refractivity contribution in [3.8, 4) is 0 Å². The summed E-state index contributed by atoms with van der Waals surface area (Å²) in [4.78, 5) is 0. The molecule has 0 radical (unpaired) electrons. The second-order valence-electron chi connectivity index (χ2n) is 3.83. The largest absolute Gasteiger partial charge is 0.508 e. The predicted octanol–water partition coefficient (Wildman–Crippen LogP) is 3.95. The summed E-state index contributed by atoms with van der Waals surface area (Å²) >= 11 is 0. The fourth-order valence-electron chi connectivity index (χ4n) is 1.86. The van der Waals surface area contributed by atoms with Crippen LogP contribution >= 0.6 is 0 Å². The summed E-state index contributed by atoms with van der Waals surface area (Å²) in [6.45, 7) is 12.0. The molecule has 0 aromatic rings. The molecule has 0 amide bonds. The Balaban J connectivity index is 5.05. The molecule has 0 bridgehead atoms. The number of rotatable bonds is 10. The molecule has 0 rings (SSSR count). The zero-order valence-electron chi connectivity index (χ0n) is 12.4. The van der Waals surface area contributed by atoms with Crippen LogP contribution in [0.4, 0.5) is 0 Å². The molecule has 4 heteroatoms. The number of hydrogen-bond donors (Lipinski definition) is 0. The van der Waals surface area contributed by atoms with Gasteiger partial charge in [-0.1, -0.05) is 31.2 Å². The van der Waals surface area contributed by atoms with Gasteiger partial charge >= 0.3 is 8.80 Å². The molecular weight excluding hydrogens is 244 g/mol.